The van der Waals surface area contributed by atoms with Gasteiger partial charge in [0.15, 0.2) is 0 Å². The van der Waals surface area contributed by atoms with E-state index in [9.17, 15) is 0 Å². The molecule has 4 atom stereocenters. The Kier molecular flexibility index (Phi) is 2.94. The van der Waals surface area contributed by atoms with Crippen LogP contribution in [0, 0.1) is 17.8 Å². The van der Waals surface area contributed by atoms with Crippen molar-refractivity contribution in [3.05, 3.63) is 0 Å². The lowest BCUT2D eigenvalue weighted by molar-refractivity contribution is 0.0499. The maximum Gasteiger partial charge on any atom is 0.0629 e. The lowest BCUT2D eigenvalue weighted by Gasteiger charge is -2.21. The number of ether oxygens (including phenoxy) is 1. The van der Waals surface area contributed by atoms with E-state index in [-0.39, 0.29) is 0 Å². The summed E-state index contributed by atoms with van der Waals surface area (Å²) in [7, 11) is 0. The lowest BCUT2D eigenvalue weighted by atomic mass is 9.87. The van der Waals surface area contributed by atoms with Crippen LogP contribution in [0.15, 0.2) is 0 Å². The van der Waals surface area contributed by atoms with Crippen LogP contribution in [0.25, 0.3) is 0 Å². The van der Waals surface area contributed by atoms with Gasteiger partial charge in [0.25, 0.3) is 0 Å². The summed E-state index contributed by atoms with van der Waals surface area (Å²) in [4.78, 5) is 0. The van der Waals surface area contributed by atoms with Crippen LogP contribution in [0.2, 0.25) is 0 Å². The van der Waals surface area contributed by atoms with Crippen molar-refractivity contribution in [1.29, 1.82) is 0 Å². The summed E-state index contributed by atoms with van der Waals surface area (Å²) in [5, 5.41) is 0. The van der Waals surface area contributed by atoms with Gasteiger partial charge in [-0.05, 0) is 17.8 Å². The highest BCUT2D eigenvalue weighted by Crippen LogP contribution is 2.31. The number of rotatable bonds is 2. The van der Waals surface area contributed by atoms with Gasteiger partial charge in [-0.1, -0.05) is 34.1 Å². The van der Waals surface area contributed by atoms with Gasteiger partial charge in [0, 0.05) is 6.61 Å². The summed E-state index contributed by atoms with van der Waals surface area (Å²) in [6.45, 7) is 10.1. The van der Waals surface area contributed by atoms with E-state index in [2.05, 4.69) is 27.7 Å². The van der Waals surface area contributed by atoms with Crippen LogP contribution in [-0.4, -0.2) is 12.7 Å². The van der Waals surface area contributed by atoms with Crippen molar-refractivity contribution < 1.29 is 4.74 Å². The fraction of sp³-hybridized carbons (Fsp3) is 1.00. The Balaban J connectivity index is 2.47. The number of hydrogen-bond acceptors (Lipinski definition) is 1. The van der Waals surface area contributed by atoms with Crippen LogP contribution in [-0.2, 0) is 4.74 Å². The summed E-state index contributed by atoms with van der Waals surface area (Å²) in [5.41, 5.74) is 0. The van der Waals surface area contributed by atoms with Crippen LogP contribution in [0.5, 0.6) is 0 Å². The fourth-order valence-corrected chi connectivity index (χ4v) is 1.81. The molecule has 66 valence electrons. The van der Waals surface area contributed by atoms with Gasteiger partial charge < -0.3 is 4.74 Å². The van der Waals surface area contributed by atoms with Crippen molar-refractivity contribution in [2.45, 2.75) is 40.2 Å². The average Bonchev–Trinajstić information content (AvgIpc) is 2.32. The molecule has 0 aromatic carbocycles. The third-order valence-corrected chi connectivity index (χ3v) is 3.17. The van der Waals surface area contributed by atoms with Crippen molar-refractivity contribution >= 4 is 0 Å². The first-order valence-corrected chi connectivity index (χ1v) is 4.78. The van der Waals surface area contributed by atoms with Gasteiger partial charge in [-0.3, -0.25) is 0 Å². The van der Waals surface area contributed by atoms with Crippen LogP contribution in [0.1, 0.15) is 34.1 Å². The van der Waals surface area contributed by atoms with E-state index >= 15 is 0 Å². The molecule has 0 aromatic rings. The average molecular weight is 156 g/mol. The monoisotopic (exact) mass is 156 g/mol. The van der Waals surface area contributed by atoms with Gasteiger partial charge in [0.1, 0.15) is 0 Å². The molecule has 1 nitrogen and oxygen atoms in total. The van der Waals surface area contributed by atoms with E-state index < -0.39 is 0 Å². The first-order valence-electron chi connectivity index (χ1n) is 4.78. The maximum absolute atomic E-state index is 5.73. The third-order valence-electron chi connectivity index (χ3n) is 3.17. The molecule has 0 bridgehead atoms. The summed E-state index contributed by atoms with van der Waals surface area (Å²) in [6.07, 6.45) is 1.76. The molecule has 0 saturated carbocycles. The van der Waals surface area contributed by atoms with Crippen LogP contribution in [0.3, 0.4) is 0 Å². The molecule has 1 aliphatic rings. The Hall–Kier alpha value is -0.0400. The standard InChI is InChI=1S/C10H20O/c1-5-7(2)10-9(4)8(3)6-11-10/h7-10H,5-6H2,1-4H3/t7?,8-,9?,10?/m1/s1. The van der Waals surface area contributed by atoms with Crippen molar-refractivity contribution in [3.63, 3.8) is 0 Å². The van der Waals surface area contributed by atoms with Gasteiger partial charge in [0.2, 0.25) is 0 Å². The molecule has 1 heterocycles. The normalized spacial score (nSPS) is 40.9. The second-order valence-corrected chi connectivity index (χ2v) is 4.02. The van der Waals surface area contributed by atoms with Gasteiger partial charge in [-0.2, -0.15) is 0 Å². The Bertz CT molecular complexity index is 122. The molecular weight excluding hydrogens is 136 g/mol. The molecular formula is C10H20O. The summed E-state index contributed by atoms with van der Waals surface area (Å²) >= 11 is 0. The zero-order chi connectivity index (χ0) is 8.43. The minimum absolute atomic E-state index is 0.523. The molecule has 0 spiro atoms. The molecule has 11 heavy (non-hydrogen) atoms. The molecule has 0 N–H and O–H groups in total. The first kappa shape index (κ1) is 9.05. The maximum atomic E-state index is 5.73. The third kappa shape index (κ3) is 1.76. The molecule has 3 unspecified atom stereocenters. The predicted octanol–water partition coefficient (Wildman–Crippen LogP) is 2.70. The topological polar surface area (TPSA) is 9.23 Å². The highest BCUT2D eigenvalue weighted by atomic mass is 16.5. The number of hydrogen-bond donors (Lipinski definition) is 0. The van der Waals surface area contributed by atoms with Gasteiger partial charge >= 0.3 is 0 Å². The predicted molar refractivity (Wildman–Crippen MR) is 47.5 cm³/mol. The minimum Gasteiger partial charge on any atom is -0.377 e. The van der Waals surface area contributed by atoms with E-state index in [1.165, 1.54) is 6.42 Å². The van der Waals surface area contributed by atoms with Crippen LogP contribution < -0.4 is 0 Å². The molecule has 1 heteroatoms. The molecule has 1 saturated heterocycles. The largest absolute Gasteiger partial charge is 0.377 e. The Morgan fingerprint density at radius 1 is 1.45 bits per heavy atom. The van der Waals surface area contributed by atoms with Crippen molar-refractivity contribution in [1.82, 2.24) is 0 Å². The quantitative estimate of drug-likeness (QED) is 0.597. The van der Waals surface area contributed by atoms with Crippen molar-refractivity contribution in [3.8, 4) is 0 Å². The zero-order valence-electron chi connectivity index (χ0n) is 8.13. The van der Waals surface area contributed by atoms with Crippen molar-refractivity contribution in [2.24, 2.45) is 17.8 Å². The minimum atomic E-state index is 0.523. The highest BCUT2D eigenvalue weighted by Gasteiger charge is 2.33. The van der Waals surface area contributed by atoms with E-state index in [0.29, 0.717) is 6.10 Å². The Morgan fingerprint density at radius 3 is 2.45 bits per heavy atom. The van der Waals surface area contributed by atoms with E-state index in [4.69, 9.17) is 4.74 Å². The second kappa shape index (κ2) is 3.57. The van der Waals surface area contributed by atoms with E-state index in [1.807, 2.05) is 0 Å². The molecule has 0 aliphatic carbocycles. The molecule has 0 amide bonds. The highest BCUT2D eigenvalue weighted by molar-refractivity contribution is 4.81. The summed E-state index contributed by atoms with van der Waals surface area (Å²) < 4.78 is 5.73. The molecule has 1 fully saturated rings. The van der Waals surface area contributed by atoms with E-state index in [0.717, 1.165) is 24.4 Å². The lowest BCUT2D eigenvalue weighted by Crippen LogP contribution is -2.23. The fourth-order valence-electron chi connectivity index (χ4n) is 1.81. The summed E-state index contributed by atoms with van der Waals surface area (Å²) in [5.74, 6) is 2.24. The Morgan fingerprint density at radius 2 is 2.09 bits per heavy atom. The van der Waals surface area contributed by atoms with Crippen LogP contribution in [0.4, 0.5) is 0 Å². The molecule has 1 rings (SSSR count). The van der Waals surface area contributed by atoms with Crippen molar-refractivity contribution in [2.75, 3.05) is 6.61 Å². The molecule has 0 radical (unpaired) electrons. The second-order valence-electron chi connectivity index (χ2n) is 4.02. The first-order chi connectivity index (χ1) is 5.16. The zero-order valence-corrected chi connectivity index (χ0v) is 8.13. The summed E-state index contributed by atoms with van der Waals surface area (Å²) in [6, 6.07) is 0. The Labute approximate surface area is 70.1 Å². The molecule has 0 aromatic heterocycles. The molecule has 1 aliphatic heterocycles. The van der Waals surface area contributed by atoms with Crippen LogP contribution >= 0.6 is 0 Å². The smallest absolute Gasteiger partial charge is 0.0629 e. The van der Waals surface area contributed by atoms with Gasteiger partial charge in [-0.15, -0.1) is 0 Å². The SMILES string of the molecule is CCC(C)C1OC[C@@H](C)C1C. The van der Waals surface area contributed by atoms with Gasteiger partial charge in [0.05, 0.1) is 6.10 Å². The van der Waals surface area contributed by atoms with E-state index in [1.54, 1.807) is 0 Å². The van der Waals surface area contributed by atoms with Gasteiger partial charge in [-0.25, -0.2) is 0 Å².